The van der Waals surface area contributed by atoms with Gasteiger partial charge in [0.2, 0.25) is 0 Å². The number of halogens is 3. The Labute approximate surface area is 129 Å². The monoisotopic (exact) mass is 324 g/mol. The molecular formula is C16H11F3O4. The van der Waals surface area contributed by atoms with Crippen LogP contribution >= 0.6 is 0 Å². The lowest BCUT2D eigenvalue weighted by Gasteiger charge is -2.12. The number of rotatable bonds is 3. The second-order valence-electron chi connectivity index (χ2n) is 4.45. The summed E-state index contributed by atoms with van der Waals surface area (Å²) >= 11 is 0. The number of hydrogen-bond donors (Lipinski definition) is 0. The predicted octanol–water partition coefficient (Wildman–Crippen LogP) is 3.71. The van der Waals surface area contributed by atoms with Crippen LogP contribution in [0.15, 0.2) is 48.5 Å². The van der Waals surface area contributed by atoms with E-state index in [1.807, 2.05) is 0 Å². The first-order valence-corrected chi connectivity index (χ1v) is 6.39. The third-order valence-corrected chi connectivity index (χ3v) is 2.94. The van der Waals surface area contributed by atoms with Crippen LogP contribution in [0.3, 0.4) is 0 Å². The van der Waals surface area contributed by atoms with Crippen molar-refractivity contribution in [2.45, 2.75) is 6.18 Å². The van der Waals surface area contributed by atoms with E-state index in [4.69, 9.17) is 4.74 Å². The summed E-state index contributed by atoms with van der Waals surface area (Å²) in [6.07, 6.45) is -4.63. The Morgan fingerprint density at radius 2 is 1.39 bits per heavy atom. The normalized spacial score (nSPS) is 11.0. The van der Waals surface area contributed by atoms with E-state index in [1.54, 1.807) is 0 Å². The molecule has 7 heteroatoms. The molecule has 0 bridgehead atoms. The largest absolute Gasteiger partial charge is 0.465 e. The van der Waals surface area contributed by atoms with Gasteiger partial charge in [0.15, 0.2) is 0 Å². The predicted molar refractivity (Wildman–Crippen MR) is 74.2 cm³/mol. The topological polar surface area (TPSA) is 52.6 Å². The van der Waals surface area contributed by atoms with Crippen molar-refractivity contribution < 1.29 is 32.2 Å². The molecule has 2 aromatic rings. The number of carbonyl (C=O) groups is 2. The van der Waals surface area contributed by atoms with Crippen molar-refractivity contribution in [2.75, 3.05) is 7.11 Å². The Balaban J connectivity index is 2.22. The van der Waals surface area contributed by atoms with Crippen LogP contribution in [0.2, 0.25) is 0 Å². The van der Waals surface area contributed by atoms with E-state index in [9.17, 15) is 22.8 Å². The molecule has 0 amide bonds. The molecule has 2 rings (SSSR count). The van der Waals surface area contributed by atoms with Crippen molar-refractivity contribution in [3.8, 4) is 5.75 Å². The van der Waals surface area contributed by atoms with Crippen LogP contribution in [0.1, 0.15) is 26.3 Å². The first kappa shape index (κ1) is 16.5. The van der Waals surface area contributed by atoms with Gasteiger partial charge in [0.1, 0.15) is 5.75 Å². The standard InChI is InChI=1S/C16H11F3O4/c1-22-14(20)10-6-8-11(9-7-10)15(21)23-13-5-3-2-4-12(13)16(17,18)19/h2-9H,1H3. The maximum Gasteiger partial charge on any atom is 0.419 e. The van der Waals surface area contributed by atoms with E-state index in [0.717, 1.165) is 12.1 Å². The second kappa shape index (κ2) is 6.51. The number of hydrogen-bond acceptors (Lipinski definition) is 4. The van der Waals surface area contributed by atoms with Gasteiger partial charge in [-0.05, 0) is 36.4 Å². The quantitative estimate of drug-likeness (QED) is 0.638. The third kappa shape index (κ3) is 3.88. The molecule has 0 atom stereocenters. The minimum absolute atomic E-state index is 0.00892. The number of methoxy groups -OCH3 is 1. The number of para-hydroxylation sites is 1. The lowest BCUT2D eigenvalue weighted by molar-refractivity contribution is -0.138. The van der Waals surface area contributed by atoms with Gasteiger partial charge in [0.05, 0.1) is 23.8 Å². The molecule has 0 fully saturated rings. The summed E-state index contributed by atoms with van der Waals surface area (Å²) in [6, 6.07) is 9.59. The average Bonchev–Trinajstić information content (AvgIpc) is 2.53. The zero-order valence-electron chi connectivity index (χ0n) is 11.9. The fraction of sp³-hybridized carbons (Fsp3) is 0.125. The van der Waals surface area contributed by atoms with Gasteiger partial charge in [-0.1, -0.05) is 12.1 Å². The van der Waals surface area contributed by atoms with Crippen LogP contribution in [-0.4, -0.2) is 19.0 Å². The van der Waals surface area contributed by atoms with E-state index in [2.05, 4.69) is 4.74 Å². The summed E-state index contributed by atoms with van der Waals surface area (Å²) in [5.74, 6) is -2.13. The lowest BCUT2D eigenvalue weighted by Crippen LogP contribution is -2.14. The molecule has 0 aromatic heterocycles. The van der Waals surface area contributed by atoms with Crippen molar-refractivity contribution in [3.05, 3.63) is 65.2 Å². The van der Waals surface area contributed by atoms with Crippen LogP contribution < -0.4 is 4.74 Å². The molecule has 0 aliphatic heterocycles. The Hall–Kier alpha value is -2.83. The molecular weight excluding hydrogens is 313 g/mol. The van der Waals surface area contributed by atoms with E-state index in [-0.39, 0.29) is 11.1 Å². The Morgan fingerprint density at radius 1 is 0.870 bits per heavy atom. The first-order valence-electron chi connectivity index (χ1n) is 6.39. The van der Waals surface area contributed by atoms with Crippen molar-refractivity contribution in [1.82, 2.24) is 0 Å². The van der Waals surface area contributed by atoms with Crippen molar-refractivity contribution in [3.63, 3.8) is 0 Å². The zero-order valence-corrected chi connectivity index (χ0v) is 11.9. The Bertz CT molecular complexity index is 721. The van der Waals surface area contributed by atoms with Gasteiger partial charge in [-0.2, -0.15) is 13.2 Å². The van der Waals surface area contributed by atoms with Gasteiger partial charge in [0, 0.05) is 0 Å². The van der Waals surface area contributed by atoms with Gasteiger partial charge >= 0.3 is 18.1 Å². The Morgan fingerprint density at radius 3 is 1.91 bits per heavy atom. The van der Waals surface area contributed by atoms with E-state index in [1.165, 1.54) is 43.5 Å². The Kier molecular flexibility index (Phi) is 4.68. The van der Waals surface area contributed by atoms with Crippen LogP contribution in [0, 0.1) is 0 Å². The fourth-order valence-corrected chi connectivity index (χ4v) is 1.81. The van der Waals surface area contributed by atoms with Crippen molar-refractivity contribution in [2.24, 2.45) is 0 Å². The van der Waals surface area contributed by atoms with E-state index in [0.29, 0.717) is 0 Å². The maximum absolute atomic E-state index is 12.8. The molecule has 0 heterocycles. The zero-order chi connectivity index (χ0) is 17.0. The van der Waals surface area contributed by atoms with Crippen LogP contribution in [-0.2, 0) is 10.9 Å². The maximum atomic E-state index is 12.8. The summed E-state index contributed by atoms with van der Waals surface area (Å²) in [5.41, 5.74) is -0.825. The molecule has 4 nitrogen and oxygen atoms in total. The highest BCUT2D eigenvalue weighted by molar-refractivity contribution is 5.94. The summed E-state index contributed by atoms with van der Waals surface area (Å²) in [5, 5.41) is 0. The van der Waals surface area contributed by atoms with Gasteiger partial charge in [-0.3, -0.25) is 0 Å². The third-order valence-electron chi connectivity index (χ3n) is 2.94. The van der Waals surface area contributed by atoms with Gasteiger partial charge in [-0.15, -0.1) is 0 Å². The van der Waals surface area contributed by atoms with Crippen molar-refractivity contribution in [1.29, 1.82) is 0 Å². The summed E-state index contributed by atoms with van der Waals surface area (Å²) in [7, 11) is 1.21. The highest BCUT2D eigenvalue weighted by atomic mass is 19.4. The number of esters is 2. The van der Waals surface area contributed by atoms with Gasteiger partial charge in [-0.25, -0.2) is 9.59 Å². The lowest BCUT2D eigenvalue weighted by atomic mass is 10.1. The molecule has 0 unspecified atom stereocenters. The van der Waals surface area contributed by atoms with Gasteiger partial charge in [0.25, 0.3) is 0 Å². The number of alkyl halides is 3. The minimum Gasteiger partial charge on any atom is -0.465 e. The minimum atomic E-state index is -4.63. The average molecular weight is 324 g/mol. The molecule has 120 valence electrons. The van der Waals surface area contributed by atoms with Crippen LogP contribution in [0.5, 0.6) is 5.75 Å². The second-order valence-corrected chi connectivity index (χ2v) is 4.45. The summed E-state index contributed by atoms with van der Waals surface area (Å²) in [4.78, 5) is 23.2. The fourth-order valence-electron chi connectivity index (χ4n) is 1.81. The molecule has 0 aliphatic rings. The van der Waals surface area contributed by atoms with E-state index >= 15 is 0 Å². The molecule has 0 spiro atoms. The molecule has 0 saturated carbocycles. The molecule has 0 radical (unpaired) electrons. The number of carbonyl (C=O) groups excluding carboxylic acids is 2. The van der Waals surface area contributed by atoms with Crippen LogP contribution in [0.4, 0.5) is 13.2 Å². The highest BCUT2D eigenvalue weighted by Gasteiger charge is 2.34. The summed E-state index contributed by atoms with van der Waals surface area (Å²) < 4.78 is 47.8. The number of ether oxygens (including phenoxy) is 2. The summed E-state index contributed by atoms with van der Waals surface area (Å²) in [6.45, 7) is 0. The number of benzene rings is 2. The molecule has 23 heavy (non-hydrogen) atoms. The SMILES string of the molecule is COC(=O)c1ccc(C(=O)Oc2ccccc2C(F)(F)F)cc1. The van der Waals surface area contributed by atoms with E-state index < -0.39 is 29.4 Å². The molecule has 2 aromatic carbocycles. The van der Waals surface area contributed by atoms with Crippen LogP contribution in [0.25, 0.3) is 0 Å². The molecule has 0 aliphatic carbocycles. The molecule has 0 saturated heterocycles. The highest BCUT2D eigenvalue weighted by Crippen LogP contribution is 2.36. The smallest absolute Gasteiger partial charge is 0.419 e. The van der Waals surface area contributed by atoms with Gasteiger partial charge < -0.3 is 9.47 Å². The molecule has 0 N–H and O–H groups in total. The van der Waals surface area contributed by atoms with Crippen molar-refractivity contribution >= 4 is 11.9 Å². The first-order chi connectivity index (χ1) is 10.8.